The monoisotopic (exact) mass is 413 g/mol. The van der Waals surface area contributed by atoms with Crippen LogP contribution in [0.1, 0.15) is 46.5 Å². The summed E-state index contributed by atoms with van der Waals surface area (Å²) in [4.78, 5) is 29.0. The molecule has 3 fully saturated rings. The minimum atomic E-state index is -3.70. The summed E-state index contributed by atoms with van der Waals surface area (Å²) in [7, 11) is -3.70. The molecule has 2 amide bonds. The Labute approximate surface area is 165 Å². The van der Waals surface area contributed by atoms with Crippen molar-refractivity contribution in [3.05, 3.63) is 0 Å². The zero-order valence-electron chi connectivity index (χ0n) is 16.6. The first-order chi connectivity index (χ1) is 12.9. The Morgan fingerprint density at radius 3 is 2.46 bits per heavy atom. The number of amides is 2. The van der Waals surface area contributed by atoms with E-state index in [0.29, 0.717) is 25.8 Å². The van der Waals surface area contributed by atoms with Gasteiger partial charge in [-0.15, -0.1) is 0 Å². The lowest BCUT2D eigenvalue weighted by atomic mass is 9.96. The number of carbonyl (C=O) groups is 2. The highest BCUT2D eigenvalue weighted by Crippen LogP contribution is 2.46. The zero-order chi connectivity index (χ0) is 20.9. The highest BCUT2D eigenvalue weighted by atomic mass is 32.2. The molecule has 156 valence electrons. The van der Waals surface area contributed by atoms with Gasteiger partial charge in [0.15, 0.2) is 0 Å². The number of likely N-dealkylation sites (tertiary alicyclic amines) is 2. The summed E-state index contributed by atoms with van der Waals surface area (Å²) in [6.45, 7) is 5.67. The van der Waals surface area contributed by atoms with E-state index in [0.717, 1.165) is 12.7 Å². The highest BCUT2D eigenvalue weighted by Gasteiger charge is 2.59. The van der Waals surface area contributed by atoms with Crippen LogP contribution in [0.15, 0.2) is 0 Å². The predicted molar refractivity (Wildman–Crippen MR) is 98.4 cm³/mol. The molecule has 5 atom stereocenters. The average molecular weight is 413 g/mol. The lowest BCUT2D eigenvalue weighted by Crippen LogP contribution is -2.58. The smallest absolute Gasteiger partial charge is 0.411 e. The maximum absolute atomic E-state index is 13.2. The lowest BCUT2D eigenvalue weighted by molar-refractivity contribution is -0.139. The third-order valence-corrected chi connectivity index (χ3v) is 6.05. The SMILES string of the molecule is CC(C)(C)OC(=O)N1[C@@H]2C[C@@H](C[C@H]2OS(C)(=O)=O)[C@H]1C(=O)N1CCC[C@H]1C#N. The van der Waals surface area contributed by atoms with Crippen LogP contribution < -0.4 is 0 Å². The fraction of sp³-hybridized carbons (Fsp3) is 0.833. The van der Waals surface area contributed by atoms with Crippen molar-refractivity contribution in [3.8, 4) is 6.07 Å². The van der Waals surface area contributed by atoms with Gasteiger partial charge in [-0.2, -0.15) is 13.7 Å². The molecule has 2 bridgehead atoms. The number of rotatable bonds is 3. The number of hydrogen-bond acceptors (Lipinski definition) is 7. The summed E-state index contributed by atoms with van der Waals surface area (Å²) < 4.78 is 33.9. The first-order valence-electron chi connectivity index (χ1n) is 9.51. The van der Waals surface area contributed by atoms with Crippen LogP contribution >= 0.6 is 0 Å². The van der Waals surface area contributed by atoms with E-state index in [1.54, 1.807) is 20.8 Å². The van der Waals surface area contributed by atoms with Gasteiger partial charge in [-0.05, 0) is 52.4 Å². The lowest BCUT2D eigenvalue weighted by Gasteiger charge is -2.40. The maximum atomic E-state index is 13.2. The molecule has 1 saturated carbocycles. The topological polar surface area (TPSA) is 117 Å². The molecule has 3 rings (SSSR count). The van der Waals surface area contributed by atoms with Crippen molar-refractivity contribution in [1.29, 1.82) is 5.26 Å². The Kier molecular flexibility index (Phi) is 5.36. The Balaban J connectivity index is 1.88. The van der Waals surface area contributed by atoms with Crippen LogP contribution in [0.4, 0.5) is 4.79 Å². The van der Waals surface area contributed by atoms with Gasteiger partial charge in [-0.25, -0.2) is 4.79 Å². The number of piperidine rings is 1. The number of hydrogen-bond donors (Lipinski definition) is 0. The van der Waals surface area contributed by atoms with E-state index in [1.807, 2.05) is 0 Å². The highest BCUT2D eigenvalue weighted by molar-refractivity contribution is 7.86. The van der Waals surface area contributed by atoms with Gasteiger partial charge < -0.3 is 9.64 Å². The number of nitrogens with zero attached hydrogens (tertiary/aromatic N) is 3. The second kappa shape index (κ2) is 7.19. The number of fused-ring (bicyclic) bond motifs is 2. The van der Waals surface area contributed by atoms with Gasteiger partial charge in [-0.1, -0.05) is 0 Å². The Morgan fingerprint density at radius 1 is 1.21 bits per heavy atom. The van der Waals surface area contributed by atoms with Gasteiger partial charge in [0, 0.05) is 6.54 Å². The van der Waals surface area contributed by atoms with E-state index in [-0.39, 0.29) is 11.8 Å². The van der Waals surface area contributed by atoms with Crippen LogP contribution in [0.5, 0.6) is 0 Å². The molecule has 3 aliphatic rings. The van der Waals surface area contributed by atoms with Crippen molar-refractivity contribution in [2.75, 3.05) is 12.8 Å². The second-order valence-electron chi connectivity index (χ2n) is 8.79. The molecule has 0 unspecified atom stereocenters. The van der Waals surface area contributed by atoms with E-state index in [4.69, 9.17) is 8.92 Å². The van der Waals surface area contributed by atoms with Gasteiger partial charge in [0.2, 0.25) is 5.91 Å². The summed E-state index contributed by atoms with van der Waals surface area (Å²) in [5, 5.41) is 9.32. The molecular weight excluding hydrogens is 386 g/mol. The van der Waals surface area contributed by atoms with Crippen LogP contribution in [-0.4, -0.2) is 72.8 Å². The van der Waals surface area contributed by atoms with Gasteiger partial charge in [0.25, 0.3) is 10.1 Å². The molecule has 9 nitrogen and oxygen atoms in total. The molecule has 2 heterocycles. The quantitative estimate of drug-likeness (QED) is 0.639. The summed E-state index contributed by atoms with van der Waals surface area (Å²) in [5.74, 6) is -0.489. The Bertz CT molecular complexity index is 799. The molecular formula is C18H27N3O6S. The van der Waals surface area contributed by atoms with Crippen molar-refractivity contribution in [1.82, 2.24) is 9.80 Å². The second-order valence-corrected chi connectivity index (χ2v) is 10.4. The van der Waals surface area contributed by atoms with Crippen LogP contribution in [-0.2, 0) is 23.8 Å². The normalized spacial score (nSPS) is 32.5. The average Bonchev–Trinajstić information content (AvgIpc) is 3.23. The largest absolute Gasteiger partial charge is 0.444 e. The van der Waals surface area contributed by atoms with Gasteiger partial charge in [-0.3, -0.25) is 13.9 Å². The number of ether oxygens (including phenoxy) is 1. The van der Waals surface area contributed by atoms with Gasteiger partial charge in [0.1, 0.15) is 17.7 Å². The van der Waals surface area contributed by atoms with Crippen molar-refractivity contribution in [2.24, 2.45) is 5.92 Å². The molecule has 2 saturated heterocycles. The van der Waals surface area contributed by atoms with E-state index >= 15 is 0 Å². The maximum Gasteiger partial charge on any atom is 0.411 e. The fourth-order valence-corrected chi connectivity index (χ4v) is 5.20. The first kappa shape index (κ1) is 20.9. The van der Waals surface area contributed by atoms with Gasteiger partial charge in [0.05, 0.1) is 24.5 Å². The Hall–Kier alpha value is -1.86. The minimum absolute atomic E-state index is 0.225. The molecule has 2 aliphatic heterocycles. The molecule has 0 aromatic heterocycles. The molecule has 0 spiro atoms. The molecule has 0 aromatic carbocycles. The van der Waals surface area contributed by atoms with Crippen molar-refractivity contribution in [3.63, 3.8) is 0 Å². The van der Waals surface area contributed by atoms with Gasteiger partial charge >= 0.3 is 6.09 Å². The fourth-order valence-electron chi connectivity index (χ4n) is 4.54. The standard InChI is InChI=1S/C18H27N3O6S/c1-18(2,3)26-17(23)21-13-8-11(9-14(13)27-28(4,24)25)15(21)16(22)20-7-5-6-12(20)10-19/h11-15H,5-9H2,1-4H3/t11-,12-,13+,14+,15-/m0/s1. The van der Waals surface area contributed by atoms with E-state index in [9.17, 15) is 23.3 Å². The predicted octanol–water partition coefficient (Wildman–Crippen LogP) is 1.24. The van der Waals surface area contributed by atoms with Crippen LogP contribution in [0, 0.1) is 17.2 Å². The minimum Gasteiger partial charge on any atom is -0.444 e. The zero-order valence-corrected chi connectivity index (χ0v) is 17.4. The van der Waals surface area contributed by atoms with E-state index < -0.39 is 46.0 Å². The first-order valence-corrected chi connectivity index (χ1v) is 11.3. The van der Waals surface area contributed by atoms with Crippen molar-refractivity contribution >= 4 is 22.1 Å². The van der Waals surface area contributed by atoms with Crippen LogP contribution in [0.2, 0.25) is 0 Å². The van der Waals surface area contributed by atoms with Crippen molar-refractivity contribution < 1.29 is 26.9 Å². The summed E-state index contributed by atoms with van der Waals surface area (Å²) in [6, 6.07) is 0.355. The molecule has 0 aromatic rings. The Morgan fingerprint density at radius 2 is 1.89 bits per heavy atom. The summed E-state index contributed by atoms with van der Waals surface area (Å²) in [6.07, 6.45) is 1.84. The molecule has 28 heavy (non-hydrogen) atoms. The number of carbonyl (C=O) groups excluding carboxylic acids is 2. The van der Waals surface area contributed by atoms with E-state index in [2.05, 4.69) is 6.07 Å². The summed E-state index contributed by atoms with van der Waals surface area (Å²) in [5.41, 5.74) is -0.761. The molecule has 0 radical (unpaired) electrons. The van der Waals surface area contributed by atoms with Crippen molar-refractivity contribution in [2.45, 2.75) is 76.3 Å². The molecule has 10 heteroatoms. The molecule has 0 N–H and O–H groups in total. The summed E-state index contributed by atoms with van der Waals surface area (Å²) >= 11 is 0. The molecule has 1 aliphatic carbocycles. The van der Waals surface area contributed by atoms with Crippen LogP contribution in [0.25, 0.3) is 0 Å². The third kappa shape index (κ3) is 4.10. The number of nitriles is 1. The third-order valence-electron chi connectivity index (χ3n) is 5.45. The van der Waals surface area contributed by atoms with E-state index in [1.165, 1.54) is 9.80 Å². The van der Waals surface area contributed by atoms with Crippen LogP contribution in [0.3, 0.4) is 0 Å².